The molecule has 1 heterocycles. The maximum Gasteiger partial charge on any atom is 0.110 e. The lowest BCUT2D eigenvalue weighted by Gasteiger charge is -2.01. The summed E-state index contributed by atoms with van der Waals surface area (Å²) in [6, 6.07) is 0. The van der Waals surface area contributed by atoms with Crippen LogP contribution in [0.3, 0.4) is 0 Å². The van der Waals surface area contributed by atoms with Crippen molar-refractivity contribution in [2.75, 3.05) is 26.4 Å². The van der Waals surface area contributed by atoms with Crippen molar-refractivity contribution in [3.05, 3.63) is 0 Å². The van der Waals surface area contributed by atoms with E-state index in [1.807, 2.05) is 0 Å². The van der Waals surface area contributed by atoms with Gasteiger partial charge < -0.3 is 14.2 Å². The van der Waals surface area contributed by atoms with Gasteiger partial charge in [0.15, 0.2) is 0 Å². The average Bonchev–Trinajstić information content (AvgIpc) is 2.99. The highest BCUT2D eigenvalue weighted by Gasteiger charge is 2.38. The van der Waals surface area contributed by atoms with Crippen molar-refractivity contribution in [2.45, 2.75) is 51.7 Å². The molecule has 1 saturated heterocycles. The first-order valence-corrected chi connectivity index (χ1v) is 6.19. The smallest absolute Gasteiger partial charge is 0.110 e. The molecule has 3 nitrogen and oxygen atoms in total. The molecule has 1 aliphatic rings. The summed E-state index contributed by atoms with van der Waals surface area (Å²) in [6.45, 7) is 7.53. The summed E-state index contributed by atoms with van der Waals surface area (Å²) >= 11 is 0. The highest BCUT2D eigenvalue weighted by Crippen LogP contribution is 2.22. The van der Waals surface area contributed by atoms with Gasteiger partial charge in [0.25, 0.3) is 0 Å². The summed E-state index contributed by atoms with van der Waals surface area (Å²) in [7, 11) is 0. The molecule has 90 valence electrons. The lowest BCUT2D eigenvalue weighted by Crippen LogP contribution is -2.10. The molecule has 0 radical (unpaired) electrons. The molecule has 0 spiro atoms. The Morgan fingerprint density at radius 3 is 1.73 bits per heavy atom. The summed E-state index contributed by atoms with van der Waals surface area (Å²) in [5.74, 6) is 0. The first-order chi connectivity index (χ1) is 7.38. The normalized spacial score (nSPS) is 24.4. The van der Waals surface area contributed by atoms with Crippen LogP contribution in [0.15, 0.2) is 0 Å². The molecule has 2 atom stereocenters. The lowest BCUT2D eigenvalue weighted by atomic mass is 10.3. The van der Waals surface area contributed by atoms with Gasteiger partial charge in [-0.1, -0.05) is 26.7 Å². The minimum Gasteiger partial charge on any atom is -0.379 e. The Morgan fingerprint density at radius 1 is 0.867 bits per heavy atom. The Labute approximate surface area is 93.1 Å². The standard InChI is InChI=1S/C12H24O3/c1-3-5-7-13-9-11-12(15-11)10-14-8-6-4-2/h11-12H,3-10H2,1-2H3/t11-,12+. The summed E-state index contributed by atoms with van der Waals surface area (Å²) in [5, 5.41) is 0. The molecule has 0 unspecified atom stereocenters. The van der Waals surface area contributed by atoms with Crippen LogP contribution in [0.5, 0.6) is 0 Å². The van der Waals surface area contributed by atoms with Crippen molar-refractivity contribution in [2.24, 2.45) is 0 Å². The maximum atomic E-state index is 5.48. The molecule has 0 amide bonds. The highest BCUT2D eigenvalue weighted by atomic mass is 16.6. The molecule has 0 aromatic carbocycles. The van der Waals surface area contributed by atoms with E-state index in [0.29, 0.717) is 12.2 Å². The molecule has 1 aliphatic heterocycles. The minimum absolute atomic E-state index is 0.295. The van der Waals surface area contributed by atoms with E-state index in [2.05, 4.69) is 13.8 Å². The number of rotatable bonds is 10. The molecule has 15 heavy (non-hydrogen) atoms. The van der Waals surface area contributed by atoms with E-state index in [1.54, 1.807) is 0 Å². The fourth-order valence-corrected chi connectivity index (χ4v) is 1.36. The van der Waals surface area contributed by atoms with Crippen molar-refractivity contribution in [1.29, 1.82) is 0 Å². The third kappa shape index (κ3) is 6.13. The molecule has 3 heteroatoms. The van der Waals surface area contributed by atoms with E-state index in [0.717, 1.165) is 39.3 Å². The molecule has 1 rings (SSSR count). The van der Waals surface area contributed by atoms with Crippen LogP contribution < -0.4 is 0 Å². The Balaban J connectivity index is 1.81. The zero-order valence-electron chi connectivity index (χ0n) is 10.0. The topological polar surface area (TPSA) is 31.0 Å². The summed E-state index contributed by atoms with van der Waals surface area (Å²) in [5.41, 5.74) is 0. The van der Waals surface area contributed by atoms with Gasteiger partial charge in [-0.15, -0.1) is 0 Å². The van der Waals surface area contributed by atoms with E-state index >= 15 is 0 Å². The molecular formula is C12H24O3. The molecule has 0 bridgehead atoms. The van der Waals surface area contributed by atoms with Crippen molar-refractivity contribution in [1.82, 2.24) is 0 Å². The first kappa shape index (κ1) is 12.9. The highest BCUT2D eigenvalue weighted by molar-refractivity contribution is 4.84. The van der Waals surface area contributed by atoms with Gasteiger partial charge in [0.2, 0.25) is 0 Å². The Kier molecular flexibility index (Phi) is 6.98. The first-order valence-electron chi connectivity index (χ1n) is 6.19. The molecule has 0 aliphatic carbocycles. The second-order valence-electron chi connectivity index (χ2n) is 4.07. The quantitative estimate of drug-likeness (QED) is 0.415. The third-order valence-corrected chi connectivity index (χ3v) is 2.54. The van der Waals surface area contributed by atoms with E-state index in [-0.39, 0.29) is 0 Å². The van der Waals surface area contributed by atoms with E-state index in [1.165, 1.54) is 12.8 Å². The van der Waals surface area contributed by atoms with Crippen LogP contribution >= 0.6 is 0 Å². The third-order valence-electron chi connectivity index (χ3n) is 2.54. The number of hydrogen-bond acceptors (Lipinski definition) is 3. The van der Waals surface area contributed by atoms with Crippen molar-refractivity contribution in [3.63, 3.8) is 0 Å². The zero-order chi connectivity index (χ0) is 10.9. The molecule has 0 aromatic rings. The second-order valence-corrected chi connectivity index (χ2v) is 4.07. The van der Waals surface area contributed by atoms with Crippen LogP contribution in [0.25, 0.3) is 0 Å². The zero-order valence-corrected chi connectivity index (χ0v) is 10.0. The second kappa shape index (κ2) is 8.08. The Bertz CT molecular complexity index is 134. The number of unbranched alkanes of at least 4 members (excludes halogenated alkanes) is 2. The summed E-state index contributed by atoms with van der Waals surface area (Å²) in [4.78, 5) is 0. The summed E-state index contributed by atoms with van der Waals surface area (Å²) < 4.78 is 16.4. The van der Waals surface area contributed by atoms with E-state index < -0.39 is 0 Å². The average molecular weight is 216 g/mol. The minimum atomic E-state index is 0.295. The van der Waals surface area contributed by atoms with Gasteiger partial charge in [0.05, 0.1) is 13.2 Å². The van der Waals surface area contributed by atoms with Crippen LogP contribution in [-0.4, -0.2) is 38.6 Å². The van der Waals surface area contributed by atoms with E-state index in [9.17, 15) is 0 Å². The Morgan fingerprint density at radius 2 is 1.33 bits per heavy atom. The number of hydrogen-bond donors (Lipinski definition) is 0. The van der Waals surface area contributed by atoms with Gasteiger partial charge >= 0.3 is 0 Å². The van der Waals surface area contributed by atoms with Gasteiger partial charge in [-0.05, 0) is 12.8 Å². The lowest BCUT2D eigenvalue weighted by molar-refractivity contribution is 0.112. The van der Waals surface area contributed by atoms with Gasteiger partial charge in [0, 0.05) is 13.2 Å². The fourth-order valence-electron chi connectivity index (χ4n) is 1.36. The predicted octanol–water partition coefficient (Wildman–Crippen LogP) is 2.39. The van der Waals surface area contributed by atoms with Gasteiger partial charge in [-0.2, -0.15) is 0 Å². The van der Waals surface area contributed by atoms with E-state index in [4.69, 9.17) is 14.2 Å². The molecule has 0 aromatic heterocycles. The maximum absolute atomic E-state index is 5.48. The van der Waals surface area contributed by atoms with Gasteiger partial charge in [0.1, 0.15) is 12.2 Å². The summed E-state index contributed by atoms with van der Waals surface area (Å²) in [6.07, 6.45) is 5.26. The van der Waals surface area contributed by atoms with Crippen LogP contribution in [0.1, 0.15) is 39.5 Å². The molecular weight excluding hydrogens is 192 g/mol. The van der Waals surface area contributed by atoms with Crippen LogP contribution in [0.2, 0.25) is 0 Å². The van der Waals surface area contributed by atoms with Crippen molar-refractivity contribution in [3.8, 4) is 0 Å². The van der Waals surface area contributed by atoms with Crippen LogP contribution in [0.4, 0.5) is 0 Å². The van der Waals surface area contributed by atoms with Crippen LogP contribution in [0, 0.1) is 0 Å². The number of ether oxygens (including phenoxy) is 3. The monoisotopic (exact) mass is 216 g/mol. The molecule has 0 saturated carbocycles. The van der Waals surface area contributed by atoms with Crippen molar-refractivity contribution >= 4 is 0 Å². The largest absolute Gasteiger partial charge is 0.379 e. The predicted molar refractivity (Wildman–Crippen MR) is 60.1 cm³/mol. The van der Waals surface area contributed by atoms with Crippen molar-refractivity contribution < 1.29 is 14.2 Å². The molecule has 1 fully saturated rings. The van der Waals surface area contributed by atoms with Gasteiger partial charge in [-0.3, -0.25) is 0 Å². The van der Waals surface area contributed by atoms with Gasteiger partial charge in [-0.25, -0.2) is 0 Å². The fraction of sp³-hybridized carbons (Fsp3) is 1.00. The van der Waals surface area contributed by atoms with Crippen LogP contribution in [-0.2, 0) is 14.2 Å². The SMILES string of the molecule is CCCCOC[C@@H]1O[C@@H]1COCCCC. The number of epoxide rings is 1. The Hall–Kier alpha value is -0.120. The molecule has 0 N–H and O–H groups in total.